The highest BCUT2D eigenvalue weighted by atomic mass is 14.9. The first kappa shape index (κ1) is 10.0. The van der Waals surface area contributed by atoms with Crippen LogP contribution in [0.1, 0.15) is 30.9 Å². The number of hydrogen-bond donors (Lipinski definition) is 0. The largest absolute Gasteiger partial charge is 0.350 e. The molecule has 1 aromatic carbocycles. The van der Waals surface area contributed by atoms with Gasteiger partial charge in [0.15, 0.2) is 0 Å². The van der Waals surface area contributed by atoms with Crippen LogP contribution >= 0.6 is 0 Å². The van der Waals surface area contributed by atoms with E-state index in [1.165, 1.54) is 11.1 Å². The van der Waals surface area contributed by atoms with E-state index >= 15 is 0 Å². The Kier molecular flexibility index (Phi) is 2.91. The Morgan fingerprint density at radius 2 is 1.80 bits per heavy atom. The molecule has 1 heterocycles. The topological polar surface area (TPSA) is 4.93 Å². The van der Waals surface area contributed by atoms with Crippen LogP contribution in [0.5, 0.6) is 0 Å². The van der Waals surface area contributed by atoms with Crippen LogP contribution < -0.4 is 0 Å². The van der Waals surface area contributed by atoms with Crippen molar-refractivity contribution in [3.63, 3.8) is 0 Å². The van der Waals surface area contributed by atoms with Crippen molar-refractivity contribution < 1.29 is 0 Å². The van der Waals surface area contributed by atoms with Gasteiger partial charge in [-0.3, -0.25) is 0 Å². The van der Waals surface area contributed by atoms with Crippen molar-refractivity contribution >= 4 is 0 Å². The SMILES string of the molecule is CC(C)c1cccc(Cn2cccc2)c1. The zero-order valence-electron chi connectivity index (χ0n) is 9.35. The van der Waals surface area contributed by atoms with E-state index in [2.05, 4.69) is 67.2 Å². The summed E-state index contributed by atoms with van der Waals surface area (Å²) >= 11 is 0. The lowest BCUT2D eigenvalue weighted by Gasteiger charge is -2.08. The van der Waals surface area contributed by atoms with Crippen molar-refractivity contribution in [3.05, 3.63) is 59.9 Å². The lowest BCUT2D eigenvalue weighted by Crippen LogP contribution is -1.97. The normalized spacial score (nSPS) is 10.9. The summed E-state index contributed by atoms with van der Waals surface area (Å²) in [5.41, 5.74) is 2.79. The molecule has 0 unspecified atom stereocenters. The number of rotatable bonds is 3. The smallest absolute Gasteiger partial charge is 0.0470 e. The van der Waals surface area contributed by atoms with Gasteiger partial charge in [0.05, 0.1) is 0 Å². The van der Waals surface area contributed by atoms with Crippen molar-refractivity contribution in [3.8, 4) is 0 Å². The van der Waals surface area contributed by atoms with Crippen molar-refractivity contribution in [1.29, 1.82) is 0 Å². The number of nitrogens with zero attached hydrogens (tertiary/aromatic N) is 1. The second-order valence-corrected chi connectivity index (χ2v) is 4.26. The van der Waals surface area contributed by atoms with Crippen LogP contribution in [0, 0.1) is 0 Å². The molecule has 0 bridgehead atoms. The first-order valence-corrected chi connectivity index (χ1v) is 5.45. The second-order valence-electron chi connectivity index (χ2n) is 4.26. The Hall–Kier alpha value is -1.50. The van der Waals surface area contributed by atoms with Crippen molar-refractivity contribution in [2.75, 3.05) is 0 Å². The molecule has 1 heteroatoms. The predicted octanol–water partition coefficient (Wildman–Crippen LogP) is 3.66. The van der Waals surface area contributed by atoms with Crippen LogP contribution in [0.15, 0.2) is 48.8 Å². The Morgan fingerprint density at radius 3 is 2.47 bits per heavy atom. The first-order chi connectivity index (χ1) is 7.25. The predicted molar refractivity (Wildman–Crippen MR) is 64.1 cm³/mol. The van der Waals surface area contributed by atoms with Crippen molar-refractivity contribution in [2.45, 2.75) is 26.3 Å². The molecule has 0 amide bonds. The Balaban J connectivity index is 2.18. The van der Waals surface area contributed by atoms with Gasteiger partial charge in [-0.05, 0) is 29.2 Å². The van der Waals surface area contributed by atoms with Crippen molar-refractivity contribution in [2.24, 2.45) is 0 Å². The summed E-state index contributed by atoms with van der Waals surface area (Å²) in [7, 11) is 0. The third kappa shape index (κ3) is 2.50. The summed E-state index contributed by atoms with van der Waals surface area (Å²) in [5.74, 6) is 0.606. The average Bonchev–Trinajstić information content (AvgIpc) is 2.71. The molecule has 2 aromatic rings. The van der Waals surface area contributed by atoms with E-state index in [9.17, 15) is 0 Å². The van der Waals surface area contributed by atoms with Gasteiger partial charge in [0.2, 0.25) is 0 Å². The summed E-state index contributed by atoms with van der Waals surface area (Å²) in [4.78, 5) is 0. The minimum atomic E-state index is 0.606. The van der Waals surface area contributed by atoms with Gasteiger partial charge in [-0.15, -0.1) is 0 Å². The molecule has 15 heavy (non-hydrogen) atoms. The molecule has 0 fully saturated rings. The van der Waals surface area contributed by atoms with Gasteiger partial charge < -0.3 is 4.57 Å². The van der Waals surface area contributed by atoms with E-state index in [4.69, 9.17) is 0 Å². The van der Waals surface area contributed by atoms with E-state index < -0.39 is 0 Å². The van der Waals surface area contributed by atoms with Gasteiger partial charge in [-0.1, -0.05) is 38.1 Å². The summed E-state index contributed by atoms with van der Waals surface area (Å²) in [6.45, 7) is 5.43. The number of hydrogen-bond acceptors (Lipinski definition) is 0. The highest BCUT2D eigenvalue weighted by Crippen LogP contribution is 2.16. The van der Waals surface area contributed by atoms with E-state index in [0.717, 1.165) is 6.54 Å². The average molecular weight is 199 g/mol. The highest BCUT2D eigenvalue weighted by Gasteiger charge is 2.00. The molecule has 0 aliphatic carbocycles. The summed E-state index contributed by atoms with van der Waals surface area (Å²) in [6, 6.07) is 13.0. The van der Waals surface area contributed by atoms with Gasteiger partial charge in [-0.2, -0.15) is 0 Å². The maximum absolute atomic E-state index is 2.30. The number of benzene rings is 1. The molecule has 0 N–H and O–H groups in total. The molecule has 0 saturated heterocycles. The minimum absolute atomic E-state index is 0.606. The fourth-order valence-electron chi connectivity index (χ4n) is 1.74. The molecular formula is C14H17N. The lowest BCUT2D eigenvalue weighted by molar-refractivity contribution is 0.797. The monoisotopic (exact) mass is 199 g/mol. The van der Waals surface area contributed by atoms with Crippen LogP contribution in [0.25, 0.3) is 0 Å². The molecule has 1 nitrogen and oxygen atoms in total. The summed E-state index contributed by atoms with van der Waals surface area (Å²) < 4.78 is 2.19. The van der Waals surface area contributed by atoms with Gasteiger partial charge >= 0.3 is 0 Å². The zero-order chi connectivity index (χ0) is 10.7. The fraction of sp³-hybridized carbons (Fsp3) is 0.286. The Bertz CT molecular complexity index is 413. The maximum atomic E-state index is 2.30. The molecule has 0 saturated carbocycles. The van der Waals surface area contributed by atoms with Gasteiger partial charge in [0.1, 0.15) is 0 Å². The zero-order valence-corrected chi connectivity index (χ0v) is 9.35. The van der Waals surface area contributed by atoms with Crippen LogP contribution in [0.2, 0.25) is 0 Å². The molecular weight excluding hydrogens is 182 g/mol. The fourth-order valence-corrected chi connectivity index (χ4v) is 1.74. The Labute approximate surface area is 91.4 Å². The quantitative estimate of drug-likeness (QED) is 0.711. The standard InChI is InChI=1S/C14H17N/c1-12(2)14-7-5-6-13(10-14)11-15-8-3-4-9-15/h3-10,12H,11H2,1-2H3. The first-order valence-electron chi connectivity index (χ1n) is 5.45. The van der Waals surface area contributed by atoms with Gasteiger partial charge in [0.25, 0.3) is 0 Å². The molecule has 2 rings (SSSR count). The van der Waals surface area contributed by atoms with Gasteiger partial charge in [0, 0.05) is 18.9 Å². The van der Waals surface area contributed by atoms with Crippen LogP contribution in [0.3, 0.4) is 0 Å². The van der Waals surface area contributed by atoms with Crippen LogP contribution in [-0.2, 0) is 6.54 Å². The minimum Gasteiger partial charge on any atom is -0.350 e. The number of aromatic nitrogens is 1. The maximum Gasteiger partial charge on any atom is 0.0470 e. The van der Waals surface area contributed by atoms with Crippen LogP contribution in [0.4, 0.5) is 0 Å². The molecule has 78 valence electrons. The van der Waals surface area contributed by atoms with E-state index in [-0.39, 0.29) is 0 Å². The van der Waals surface area contributed by atoms with E-state index in [1.807, 2.05) is 0 Å². The molecule has 0 spiro atoms. The highest BCUT2D eigenvalue weighted by molar-refractivity contribution is 5.26. The lowest BCUT2D eigenvalue weighted by atomic mass is 10.0. The summed E-state index contributed by atoms with van der Waals surface area (Å²) in [6.07, 6.45) is 4.20. The van der Waals surface area contributed by atoms with Crippen molar-refractivity contribution in [1.82, 2.24) is 4.57 Å². The molecule has 0 aliphatic heterocycles. The second kappa shape index (κ2) is 4.35. The Morgan fingerprint density at radius 1 is 1.07 bits per heavy atom. The molecule has 0 aliphatic rings. The van der Waals surface area contributed by atoms with Crippen LogP contribution in [-0.4, -0.2) is 4.57 Å². The third-order valence-corrected chi connectivity index (χ3v) is 2.65. The molecule has 1 aromatic heterocycles. The third-order valence-electron chi connectivity index (χ3n) is 2.65. The van der Waals surface area contributed by atoms with Gasteiger partial charge in [-0.25, -0.2) is 0 Å². The van der Waals surface area contributed by atoms with E-state index in [1.54, 1.807) is 0 Å². The molecule has 0 atom stereocenters. The molecule has 0 radical (unpaired) electrons. The van der Waals surface area contributed by atoms with E-state index in [0.29, 0.717) is 5.92 Å². The summed E-state index contributed by atoms with van der Waals surface area (Å²) in [5, 5.41) is 0.